The van der Waals surface area contributed by atoms with Crippen molar-refractivity contribution in [2.45, 2.75) is 25.5 Å². The molecule has 0 saturated carbocycles. The second-order valence-electron chi connectivity index (χ2n) is 4.95. The molecule has 21 heavy (non-hydrogen) atoms. The number of urea groups is 1. The van der Waals surface area contributed by atoms with Gasteiger partial charge < -0.3 is 15.7 Å². The average Bonchev–Trinajstić information content (AvgIpc) is 2.66. The van der Waals surface area contributed by atoms with Gasteiger partial charge >= 0.3 is 6.03 Å². The average molecular weight is 291 g/mol. The van der Waals surface area contributed by atoms with Gasteiger partial charge in [-0.2, -0.15) is 0 Å². The monoisotopic (exact) mass is 291 g/mol. The van der Waals surface area contributed by atoms with E-state index < -0.39 is 24.1 Å². The number of nitrogens with zero attached hydrogens (tertiary/aromatic N) is 1. The first-order valence-electron chi connectivity index (χ1n) is 6.54. The molecule has 2 atom stereocenters. The molecule has 0 aromatic heterocycles. The van der Waals surface area contributed by atoms with Crippen molar-refractivity contribution in [2.24, 2.45) is 0 Å². The summed E-state index contributed by atoms with van der Waals surface area (Å²) in [5, 5.41) is 14.5. The summed E-state index contributed by atoms with van der Waals surface area (Å²) in [5.74, 6) is -0.741. The minimum absolute atomic E-state index is 0.0313. The number of benzene rings is 1. The van der Waals surface area contributed by atoms with Crippen LogP contribution < -0.4 is 10.6 Å². The Labute approximate surface area is 121 Å². The molecule has 1 aliphatic heterocycles. The van der Waals surface area contributed by atoms with Crippen LogP contribution >= 0.6 is 0 Å². The van der Waals surface area contributed by atoms with Crippen LogP contribution in [0.5, 0.6) is 0 Å². The highest BCUT2D eigenvalue weighted by Gasteiger charge is 2.36. The largest absolute Gasteiger partial charge is 0.389 e. The molecule has 0 aliphatic carbocycles. The highest BCUT2D eigenvalue weighted by molar-refractivity contribution is 6.07. The highest BCUT2D eigenvalue weighted by Crippen LogP contribution is 2.17. The number of aliphatic hydroxyl groups excluding tert-OH is 1. The maximum atomic E-state index is 11.8. The molecule has 1 aromatic carbocycles. The van der Waals surface area contributed by atoms with Crippen LogP contribution in [0.25, 0.3) is 0 Å². The highest BCUT2D eigenvalue weighted by atomic mass is 16.3. The van der Waals surface area contributed by atoms with E-state index in [0.717, 1.165) is 4.90 Å². The second-order valence-corrected chi connectivity index (χ2v) is 4.95. The molecule has 7 heteroatoms. The lowest BCUT2D eigenvalue weighted by atomic mass is 10.1. The molecule has 0 spiro atoms. The first kappa shape index (κ1) is 15.0. The summed E-state index contributed by atoms with van der Waals surface area (Å²) in [4.78, 5) is 35.9. The number of hydrogen-bond donors (Lipinski definition) is 3. The standard InChI is InChI=1S/C14H17N3O4/c1-8(18)9-4-3-5-10(6-9)15-14(21)16-11-7-12(19)17(2)13(11)20/h3-6,8,11,18H,7H2,1-2H3,(H2,15,16,21). The van der Waals surface area contributed by atoms with Gasteiger partial charge in [0.2, 0.25) is 5.91 Å². The van der Waals surface area contributed by atoms with Crippen molar-refractivity contribution in [1.82, 2.24) is 10.2 Å². The molecule has 3 N–H and O–H groups in total. The van der Waals surface area contributed by atoms with Gasteiger partial charge in [-0.15, -0.1) is 0 Å². The Morgan fingerprint density at radius 2 is 2.14 bits per heavy atom. The lowest BCUT2D eigenvalue weighted by Crippen LogP contribution is -2.42. The van der Waals surface area contributed by atoms with Gasteiger partial charge in [-0.05, 0) is 24.6 Å². The van der Waals surface area contributed by atoms with Crippen molar-refractivity contribution in [3.05, 3.63) is 29.8 Å². The van der Waals surface area contributed by atoms with E-state index in [-0.39, 0.29) is 12.3 Å². The zero-order chi connectivity index (χ0) is 15.6. The van der Waals surface area contributed by atoms with E-state index in [9.17, 15) is 19.5 Å². The number of aliphatic hydroxyl groups is 1. The summed E-state index contributed by atoms with van der Waals surface area (Å²) in [6.45, 7) is 1.62. The Bertz CT molecular complexity index is 585. The van der Waals surface area contributed by atoms with E-state index in [4.69, 9.17) is 0 Å². The first-order valence-corrected chi connectivity index (χ1v) is 6.54. The number of hydrogen-bond acceptors (Lipinski definition) is 4. The van der Waals surface area contributed by atoms with E-state index in [2.05, 4.69) is 10.6 Å². The Hall–Kier alpha value is -2.41. The number of anilines is 1. The van der Waals surface area contributed by atoms with Gasteiger partial charge in [-0.25, -0.2) is 4.79 Å². The fourth-order valence-electron chi connectivity index (χ4n) is 2.07. The van der Waals surface area contributed by atoms with Crippen LogP contribution in [0, 0.1) is 0 Å². The van der Waals surface area contributed by atoms with Gasteiger partial charge in [0.15, 0.2) is 0 Å². The van der Waals surface area contributed by atoms with Gasteiger partial charge in [-0.1, -0.05) is 12.1 Å². The Kier molecular flexibility index (Phi) is 4.23. The maximum Gasteiger partial charge on any atom is 0.319 e. The van der Waals surface area contributed by atoms with Crippen LogP contribution in [0.1, 0.15) is 25.0 Å². The predicted molar refractivity (Wildman–Crippen MR) is 75.4 cm³/mol. The van der Waals surface area contributed by atoms with Crippen LogP contribution in [0.3, 0.4) is 0 Å². The molecule has 112 valence electrons. The van der Waals surface area contributed by atoms with E-state index in [0.29, 0.717) is 11.3 Å². The molecule has 1 aromatic rings. The van der Waals surface area contributed by atoms with E-state index in [1.54, 1.807) is 31.2 Å². The molecule has 1 heterocycles. The maximum absolute atomic E-state index is 11.8. The number of rotatable bonds is 3. The zero-order valence-corrected chi connectivity index (χ0v) is 11.8. The second kappa shape index (κ2) is 5.92. The predicted octanol–water partition coefficient (Wildman–Crippen LogP) is 0.619. The number of nitrogens with one attached hydrogen (secondary N) is 2. The lowest BCUT2D eigenvalue weighted by Gasteiger charge is -2.13. The number of carbonyl (C=O) groups excluding carboxylic acids is 3. The van der Waals surface area contributed by atoms with Gasteiger partial charge in [0, 0.05) is 12.7 Å². The summed E-state index contributed by atoms with van der Waals surface area (Å²) < 4.78 is 0. The molecule has 1 fully saturated rings. The van der Waals surface area contributed by atoms with Crippen LogP contribution in [0.4, 0.5) is 10.5 Å². The molecule has 7 nitrogen and oxygen atoms in total. The minimum atomic E-state index is -0.831. The third-order valence-corrected chi connectivity index (χ3v) is 3.31. The number of imide groups is 1. The van der Waals surface area contributed by atoms with Crippen LogP contribution in [0.2, 0.25) is 0 Å². The first-order chi connectivity index (χ1) is 9.88. The minimum Gasteiger partial charge on any atom is -0.389 e. The van der Waals surface area contributed by atoms with Crippen molar-refractivity contribution in [3.63, 3.8) is 0 Å². The lowest BCUT2D eigenvalue weighted by molar-refractivity contribution is -0.137. The summed E-state index contributed by atoms with van der Waals surface area (Å²) in [5.41, 5.74) is 1.16. The molecule has 2 rings (SSSR count). The summed E-state index contributed by atoms with van der Waals surface area (Å²) in [6.07, 6.45) is -0.672. The van der Waals surface area contributed by atoms with Crippen molar-refractivity contribution in [3.8, 4) is 0 Å². The summed E-state index contributed by atoms with van der Waals surface area (Å²) in [6, 6.07) is 5.34. The van der Waals surface area contributed by atoms with Gasteiger partial charge in [-0.3, -0.25) is 14.5 Å². The van der Waals surface area contributed by atoms with Crippen molar-refractivity contribution < 1.29 is 19.5 Å². The number of amides is 4. The smallest absolute Gasteiger partial charge is 0.319 e. The van der Waals surface area contributed by atoms with E-state index >= 15 is 0 Å². The van der Waals surface area contributed by atoms with Crippen LogP contribution in [0.15, 0.2) is 24.3 Å². The fourth-order valence-corrected chi connectivity index (χ4v) is 2.07. The van der Waals surface area contributed by atoms with E-state index in [1.807, 2.05) is 0 Å². The molecule has 0 radical (unpaired) electrons. The third-order valence-electron chi connectivity index (χ3n) is 3.31. The molecular weight excluding hydrogens is 274 g/mol. The van der Waals surface area contributed by atoms with Crippen LogP contribution in [-0.2, 0) is 9.59 Å². The summed E-state index contributed by atoms with van der Waals surface area (Å²) >= 11 is 0. The Morgan fingerprint density at radius 1 is 1.43 bits per heavy atom. The fraction of sp³-hybridized carbons (Fsp3) is 0.357. The topological polar surface area (TPSA) is 98.7 Å². The quantitative estimate of drug-likeness (QED) is 0.711. The zero-order valence-electron chi connectivity index (χ0n) is 11.8. The van der Waals surface area contributed by atoms with Gasteiger partial charge in [0.05, 0.1) is 12.5 Å². The molecular formula is C14H17N3O4. The van der Waals surface area contributed by atoms with Gasteiger partial charge in [0.1, 0.15) is 6.04 Å². The normalized spacial score (nSPS) is 19.6. The third kappa shape index (κ3) is 3.38. The molecule has 1 aliphatic rings. The van der Waals surface area contributed by atoms with Crippen LogP contribution in [-0.4, -0.2) is 40.9 Å². The van der Waals surface area contributed by atoms with E-state index in [1.165, 1.54) is 7.05 Å². The number of likely N-dealkylation sites (tertiary alicyclic amines) is 1. The molecule has 1 saturated heterocycles. The Balaban J connectivity index is 1.98. The number of likely N-dealkylation sites (N-methyl/N-ethyl adjacent to an activating group) is 1. The van der Waals surface area contributed by atoms with Crippen molar-refractivity contribution in [1.29, 1.82) is 0 Å². The molecule has 0 bridgehead atoms. The Morgan fingerprint density at radius 3 is 2.71 bits per heavy atom. The molecule has 4 amide bonds. The van der Waals surface area contributed by atoms with Gasteiger partial charge in [0.25, 0.3) is 5.91 Å². The summed E-state index contributed by atoms with van der Waals surface area (Å²) in [7, 11) is 1.39. The van der Waals surface area contributed by atoms with Crippen molar-refractivity contribution >= 4 is 23.5 Å². The SMILES string of the molecule is CC(O)c1cccc(NC(=O)NC2CC(=O)N(C)C2=O)c1. The molecule has 2 unspecified atom stereocenters. The number of carbonyl (C=O) groups is 3. The van der Waals surface area contributed by atoms with Crippen molar-refractivity contribution in [2.75, 3.05) is 12.4 Å².